The monoisotopic (exact) mass is 360 g/mol. The lowest BCUT2D eigenvalue weighted by atomic mass is 10.2. The molecule has 6 heteroatoms. The summed E-state index contributed by atoms with van der Waals surface area (Å²) in [5.41, 5.74) is 1.37. The minimum Gasteiger partial charge on any atom is -0.618 e. The predicted molar refractivity (Wildman–Crippen MR) is 86.3 cm³/mol. The molecule has 3 rings (SSSR count). The second kappa shape index (κ2) is 5.81. The van der Waals surface area contributed by atoms with Gasteiger partial charge >= 0.3 is 5.56 Å². The van der Waals surface area contributed by atoms with Crippen LogP contribution in [0.2, 0.25) is 0 Å². The van der Waals surface area contributed by atoms with Crippen molar-refractivity contribution in [2.24, 2.45) is 0 Å². The third-order valence-corrected chi connectivity index (χ3v) is 4.20. The molecule has 3 aromatic rings. The van der Waals surface area contributed by atoms with E-state index in [0.717, 1.165) is 10.0 Å². The van der Waals surface area contributed by atoms with Crippen LogP contribution in [0.15, 0.2) is 57.8 Å². The minimum atomic E-state index is -0.458. The highest BCUT2D eigenvalue weighted by molar-refractivity contribution is 9.10. The maximum atomic E-state index is 12.3. The van der Waals surface area contributed by atoms with Crippen LogP contribution in [0.4, 0.5) is 0 Å². The Morgan fingerprint density at radius 1 is 1.18 bits per heavy atom. The number of hydrogen-bond acceptors (Lipinski definition) is 3. The van der Waals surface area contributed by atoms with Crippen molar-refractivity contribution in [2.45, 2.75) is 13.5 Å². The zero-order valence-electron chi connectivity index (χ0n) is 11.8. The summed E-state index contributed by atoms with van der Waals surface area (Å²) in [6.07, 6.45) is 0. The average Bonchev–Trinajstić information content (AvgIpc) is 2.54. The Morgan fingerprint density at radius 2 is 1.86 bits per heavy atom. The normalized spacial score (nSPS) is 10.8. The van der Waals surface area contributed by atoms with E-state index in [1.807, 2.05) is 24.3 Å². The molecular formula is C16H13BrN2O3. The molecule has 0 unspecified atom stereocenters. The molecule has 0 saturated carbocycles. The van der Waals surface area contributed by atoms with Crippen LogP contribution in [-0.4, -0.2) is 4.73 Å². The van der Waals surface area contributed by atoms with Crippen LogP contribution in [0, 0.1) is 12.1 Å². The van der Waals surface area contributed by atoms with Crippen LogP contribution in [0.3, 0.4) is 0 Å². The highest BCUT2D eigenvalue weighted by atomic mass is 79.9. The van der Waals surface area contributed by atoms with Crippen LogP contribution >= 0.6 is 15.9 Å². The molecule has 0 aliphatic rings. The third-order valence-electron chi connectivity index (χ3n) is 3.42. The molecule has 0 radical (unpaired) electrons. The largest absolute Gasteiger partial charge is 0.618 e. The molecule has 0 saturated heterocycles. The number of benzene rings is 2. The van der Waals surface area contributed by atoms with E-state index in [0.29, 0.717) is 15.8 Å². The number of rotatable bonds is 3. The molecule has 0 aliphatic heterocycles. The Labute approximate surface area is 135 Å². The average molecular weight is 361 g/mol. The predicted octanol–water partition coefficient (Wildman–Crippen LogP) is 2.33. The van der Waals surface area contributed by atoms with Gasteiger partial charge in [0.25, 0.3) is 5.69 Å². The summed E-state index contributed by atoms with van der Waals surface area (Å²) >= 11 is 3.44. The lowest BCUT2D eigenvalue weighted by molar-refractivity contribution is -0.586. The second-order valence-electron chi connectivity index (χ2n) is 4.83. The number of nitrogens with zero attached hydrogens (tertiary/aromatic N) is 2. The molecular weight excluding hydrogens is 348 g/mol. The first-order chi connectivity index (χ1) is 10.6. The van der Waals surface area contributed by atoms with Crippen LogP contribution in [0.25, 0.3) is 11.0 Å². The lowest BCUT2D eigenvalue weighted by Gasteiger charge is -2.13. The zero-order chi connectivity index (χ0) is 15.7. The summed E-state index contributed by atoms with van der Waals surface area (Å²) in [5.74, 6) is 0. The van der Waals surface area contributed by atoms with Crippen LogP contribution < -0.4 is 15.1 Å². The molecule has 0 amide bonds. The highest BCUT2D eigenvalue weighted by Crippen LogP contribution is 2.16. The summed E-state index contributed by atoms with van der Waals surface area (Å²) < 4.78 is 2.72. The molecule has 1 heterocycles. The van der Waals surface area contributed by atoms with E-state index >= 15 is 0 Å². The molecule has 5 nitrogen and oxygen atoms in total. The highest BCUT2D eigenvalue weighted by Gasteiger charge is 2.17. The number of fused-ring (bicyclic) bond motifs is 1. The van der Waals surface area contributed by atoms with Crippen molar-refractivity contribution in [1.29, 1.82) is 0 Å². The Balaban J connectivity index is 2.08. The van der Waals surface area contributed by atoms with Gasteiger partial charge in [-0.3, -0.25) is 4.79 Å². The molecule has 0 aliphatic carbocycles. The second-order valence-corrected chi connectivity index (χ2v) is 5.69. The minimum absolute atomic E-state index is 0.0748. The quantitative estimate of drug-likeness (QED) is 0.532. The molecule has 0 bridgehead atoms. The van der Waals surface area contributed by atoms with Gasteiger partial charge in [-0.25, -0.2) is 0 Å². The van der Waals surface area contributed by atoms with E-state index in [-0.39, 0.29) is 12.3 Å². The molecule has 112 valence electrons. The first-order valence-corrected chi connectivity index (χ1v) is 7.49. The van der Waals surface area contributed by atoms with Crippen molar-refractivity contribution >= 4 is 27.0 Å². The van der Waals surface area contributed by atoms with Crippen molar-refractivity contribution < 1.29 is 9.57 Å². The molecule has 1 aromatic heterocycles. The van der Waals surface area contributed by atoms with Gasteiger partial charge in [-0.2, -0.15) is 4.73 Å². The molecule has 2 aromatic carbocycles. The maximum Gasteiger partial charge on any atom is 0.352 e. The van der Waals surface area contributed by atoms with Crippen molar-refractivity contribution in [1.82, 2.24) is 4.73 Å². The number of halogens is 1. The molecule has 0 atom stereocenters. The molecule has 22 heavy (non-hydrogen) atoms. The van der Waals surface area contributed by atoms with E-state index in [4.69, 9.17) is 4.84 Å². The van der Waals surface area contributed by atoms with Gasteiger partial charge < -0.3 is 10.0 Å². The Morgan fingerprint density at radius 3 is 2.64 bits per heavy atom. The van der Waals surface area contributed by atoms with Gasteiger partial charge in [0.15, 0.2) is 5.52 Å². The van der Waals surface area contributed by atoms with Crippen molar-refractivity contribution in [3.63, 3.8) is 0 Å². The standard InChI is InChI=1S/C16H13BrN2O3/c1-11-16(20)19(15-9-5-4-8-14(15)18(11)21)22-10-12-6-2-3-7-13(12)17/h2-9H,10H2,1H3. The summed E-state index contributed by atoms with van der Waals surface area (Å²) in [5, 5.41) is 12.1. The third kappa shape index (κ3) is 2.46. The summed E-state index contributed by atoms with van der Waals surface area (Å²) in [6.45, 7) is 1.70. The fourth-order valence-corrected chi connectivity index (χ4v) is 2.61. The molecule has 0 fully saturated rings. The van der Waals surface area contributed by atoms with Gasteiger partial charge in [0.2, 0.25) is 5.52 Å². The Hall–Kier alpha value is -2.34. The summed E-state index contributed by atoms with van der Waals surface area (Å²) in [7, 11) is 0. The van der Waals surface area contributed by atoms with Crippen LogP contribution in [-0.2, 0) is 6.61 Å². The van der Waals surface area contributed by atoms with Gasteiger partial charge in [-0.05, 0) is 12.1 Å². The molecule has 0 spiro atoms. The zero-order valence-corrected chi connectivity index (χ0v) is 13.4. The van der Waals surface area contributed by atoms with Gasteiger partial charge in [0.1, 0.15) is 6.61 Å². The van der Waals surface area contributed by atoms with Crippen LogP contribution in [0.1, 0.15) is 11.3 Å². The van der Waals surface area contributed by atoms with Crippen molar-refractivity contribution in [3.05, 3.63) is 79.8 Å². The van der Waals surface area contributed by atoms with E-state index in [1.54, 1.807) is 24.3 Å². The first kappa shape index (κ1) is 14.6. The Kier molecular flexibility index (Phi) is 3.85. The fourth-order valence-electron chi connectivity index (χ4n) is 2.21. The van der Waals surface area contributed by atoms with Gasteiger partial charge in [0.05, 0.1) is 0 Å². The van der Waals surface area contributed by atoms with Gasteiger partial charge in [-0.1, -0.05) is 46.3 Å². The Bertz CT molecular complexity index is 906. The van der Waals surface area contributed by atoms with Crippen molar-refractivity contribution in [3.8, 4) is 0 Å². The fraction of sp³-hybridized carbons (Fsp3) is 0.125. The van der Waals surface area contributed by atoms with E-state index in [1.165, 1.54) is 11.7 Å². The topological polar surface area (TPSA) is 58.2 Å². The number of aromatic nitrogens is 2. The summed E-state index contributed by atoms with van der Waals surface area (Å²) in [4.78, 5) is 18.0. The lowest BCUT2D eigenvalue weighted by Crippen LogP contribution is -2.43. The first-order valence-electron chi connectivity index (χ1n) is 6.70. The summed E-state index contributed by atoms with van der Waals surface area (Å²) in [6, 6.07) is 14.5. The van der Waals surface area contributed by atoms with Gasteiger partial charge in [0, 0.05) is 23.0 Å². The number of para-hydroxylation sites is 2. The van der Waals surface area contributed by atoms with E-state index < -0.39 is 5.56 Å². The van der Waals surface area contributed by atoms with E-state index in [2.05, 4.69) is 15.9 Å². The maximum absolute atomic E-state index is 12.3. The SMILES string of the molecule is Cc1c(=O)n(OCc2ccccc2Br)c2ccccc2[n+]1[O-]. The smallest absolute Gasteiger partial charge is 0.352 e. The van der Waals surface area contributed by atoms with Crippen LogP contribution in [0.5, 0.6) is 0 Å². The van der Waals surface area contributed by atoms with Gasteiger partial charge in [-0.15, -0.1) is 4.73 Å². The molecule has 0 N–H and O–H groups in total. The number of hydrogen-bond donors (Lipinski definition) is 0. The van der Waals surface area contributed by atoms with Crippen molar-refractivity contribution in [2.75, 3.05) is 0 Å². The van der Waals surface area contributed by atoms with E-state index in [9.17, 15) is 10.0 Å².